The third kappa shape index (κ3) is 3.30. The summed E-state index contributed by atoms with van der Waals surface area (Å²) in [5.41, 5.74) is 6.36. The summed E-state index contributed by atoms with van der Waals surface area (Å²) in [6.45, 7) is 1.15. The Bertz CT molecular complexity index is 257. The lowest BCUT2D eigenvalue weighted by Crippen LogP contribution is -2.03. The summed E-state index contributed by atoms with van der Waals surface area (Å²) in [6, 6.07) is 0. The van der Waals surface area contributed by atoms with Gasteiger partial charge in [-0.15, -0.1) is 11.8 Å². The second-order valence-corrected chi connectivity index (χ2v) is 3.44. The quantitative estimate of drug-likeness (QED) is 0.558. The first-order valence-electron chi connectivity index (χ1n) is 4.00. The zero-order chi connectivity index (χ0) is 9.52. The largest absolute Gasteiger partial charge is 0.384 e. The molecule has 0 aromatic carbocycles. The summed E-state index contributed by atoms with van der Waals surface area (Å²) < 4.78 is 4.94. The van der Waals surface area contributed by atoms with E-state index in [0.717, 1.165) is 16.5 Å². The molecule has 0 fully saturated rings. The van der Waals surface area contributed by atoms with Gasteiger partial charge in [0, 0.05) is 31.8 Å². The van der Waals surface area contributed by atoms with Gasteiger partial charge < -0.3 is 10.5 Å². The van der Waals surface area contributed by atoms with E-state index in [1.165, 1.54) is 0 Å². The highest BCUT2D eigenvalue weighted by Gasteiger charge is 2.02. The maximum absolute atomic E-state index is 5.51. The van der Waals surface area contributed by atoms with Gasteiger partial charge in [-0.3, -0.25) is 4.98 Å². The molecule has 0 aliphatic carbocycles. The first-order chi connectivity index (χ1) is 6.38. The molecule has 0 amide bonds. The summed E-state index contributed by atoms with van der Waals surface area (Å²) in [6.07, 6.45) is 3.33. The molecule has 0 bridgehead atoms. The number of ether oxygens (including phenoxy) is 1. The highest BCUT2D eigenvalue weighted by molar-refractivity contribution is 7.99. The van der Waals surface area contributed by atoms with Crippen LogP contribution in [0.3, 0.4) is 0 Å². The van der Waals surface area contributed by atoms with Crippen LogP contribution in [0, 0.1) is 0 Å². The summed E-state index contributed by atoms with van der Waals surface area (Å²) >= 11 is 1.62. The Morgan fingerprint density at radius 3 is 2.92 bits per heavy atom. The molecule has 13 heavy (non-hydrogen) atoms. The fraction of sp³-hybridized carbons (Fsp3) is 0.500. The normalized spacial score (nSPS) is 10.3. The molecule has 0 radical (unpaired) electrons. The summed E-state index contributed by atoms with van der Waals surface area (Å²) in [7, 11) is 1.68. The molecule has 1 aromatic rings. The maximum Gasteiger partial charge on any atom is 0.119 e. The Kier molecular flexibility index (Phi) is 4.74. The van der Waals surface area contributed by atoms with E-state index in [2.05, 4.69) is 9.97 Å². The Labute approximate surface area is 81.9 Å². The van der Waals surface area contributed by atoms with Crippen molar-refractivity contribution < 1.29 is 4.74 Å². The van der Waals surface area contributed by atoms with Gasteiger partial charge in [0.1, 0.15) is 5.03 Å². The molecular formula is C8H13N3OS. The number of thioether (sulfide) groups is 1. The van der Waals surface area contributed by atoms with Crippen LogP contribution in [-0.4, -0.2) is 29.4 Å². The first-order valence-corrected chi connectivity index (χ1v) is 4.98. The van der Waals surface area contributed by atoms with E-state index in [0.29, 0.717) is 13.2 Å². The van der Waals surface area contributed by atoms with E-state index in [9.17, 15) is 0 Å². The predicted octanol–water partition coefficient (Wildman–Crippen LogP) is 0.674. The van der Waals surface area contributed by atoms with Gasteiger partial charge in [-0.2, -0.15) is 0 Å². The monoisotopic (exact) mass is 199 g/mol. The predicted molar refractivity (Wildman–Crippen MR) is 52.5 cm³/mol. The van der Waals surface area contributed by atoms with Crippen molar-refractivity contribution in [2.45, 2.75) is 11.6 Å². The van der Waals surface area contributed by atoms with Crippen molar-refractivity contribution >= 4 is 11.8 Å². The smallest absolute Gasteiger partial charge is 0.119 e. The van der Waals surface area contributed by atoms with Gasteiger partial charge in [-0.25, -0.2) is 4.98 Å². The molecule has 1 rings (SSSR count). The van der Waals surface area contributed by atoms with Gasteiger partial charge in [0.05, 0.1) is 12.3 Å². The lowest BCUT2D eigenvalue weighted by atomic mass is 10.5. The van der Waals surface area contributed by atoms with E-state index in [1.807, 2.05) is 0 Å². The topological polar surface area (TPSA) is 61.0 Å². The summed E-state index contributed by atoms with van der Waals surface area (Å²) in [5.74, 6) is 0.877. The van der Waals surface area contributed by atoms with Gasteiger partial charge in [0.15, 0.2) is 0 Å². The fourth-order valence-electron chi connectivity index (χ4n) is 0.836. The molecule has 0 atom stereocenters. The minimum absolute atomic E-state index is 0.434. The second-order valence-electron chi connectivity index (χ2n) is 2.35. The number of nitrogens with two attached hydrogens (primary N) is 1. The lowest BCUT2D eigenvalue weighted by molar-refractivity contribution is 0.218. The zero-order valence-electron chi connectivity index (χ0n) is 7.56. The average Bonchev–Trinajstić information content (AvgIpc) is 2.19. The molecule has 5 heteroatoms. The molecule has 0 saturated carbocycles. The lowest BCUT2D eigenvalue weighted by Gasteiger charge is -2.03. The van der Waals surface area contributed by atoms with Crippen LogP contribution in [0.2, 0.25) is 0 Å². The molecule has 1 heterocycles. The molecular weight excluding hydrogens is 186 g/mol. The highest BCUT2D eigenvalue weighted by atomic mass is 32.2. The molecule has 2 N–H and O–H groups in total. The Balaban J connectivity index is 2.54. The van der Waals surface area contributed by atoms with E-state index < -0.39 is 0 Å². The third-order valence-corrected chi connectivity index (χ3v) is 2.44. The molecule has 4 nitrogen and oxygen atoms in total. The van der Waals surface area contributed by atoms with Crippen LogP contribution in [-0.2, 0) is 11.3 Å². The van der Waals surface area contributed by atoms with Crippen LogP contribution >= 0.6 is 11.8 Å². The van der Waals surface area contributed by atoms with E-state index >= 15 is 0 Å². The summed E-state index contributed by atoms with van der Waals surface area (Å²) in [5, 5.41) is 0.905. The van der Waals surface area contributed by atoms with Crippen molar-refractivity contribution in [1.29, 1.82) is 0 Å². The average molecular weight is 199 g/mol. The second kappa shape index (κ2) is 5.90. The molecule has 0 aliphatic rings. The van der Waals surface area contributed by atoms with Gasteiger partial charge in [-0.1, -0.05) is 0 Å². The standard InChI is InChI=1S/C8H13N3OS/c1-12-4-5-13-8-7(6-9)10-2-3-11-8/h2-3H,4-6,9H2,1H3. The van der Waals surface area contributed by atoms with Gasteiger partial charge in [0.2, 0.25) is 0 Å². The number of nitrogens with zero attached hydrogens (tertiary/aromatic N) is 2. The third-order valence-electron chi connectivity index (χ3n) is 1.46. The zero-order valence-corrected chi connectivity index (χ0v) is 8.38. The first kappa shape index (κ1) is 10.4. The van der Waals surface area contributed by atoms with Gasteiger partial charge in [0.25, 0.3) is 0 Å². The molecule has 0 aliphatic heterocycles. The number of methoxy groups -OCH3 is 1. The van der Waals surface area contributed by atoms with Crippen LogP contribution in [0.4, 0.5) is 0 Å². The van der Waals surface area contributed by atoms with E-state index in [1.54, 1.807) is 31.3 Å². The van der Waals surface area contributed by atoms with Crippen LogP contribution < -0.4 is 5.73 Å². The highest BCUT2D eigenvalue weighted by Crippen LogP contribution is 2.16. The van der Waals surface area contributed by atoms with Crippen molar-refractivity contribution in [3.8, 4) is 0 Å². The number of aromatic nitrogens is 2. The minimum Gasteiger partial charge on any atom is -0.384 e. The fourth-order valence-corrected chi connectivity index (χ4v) is 1.72. The van der Waals surface area contributed by atoms with Gasteiger partial charge >= 0.3 is 0 Å². The van der Waals surface area contributed by atoms with Crippen LogP contribution in [0.1, 0.15) is 5.69 Å². The number of hydrogen-bond acceptors (Lipinski definition) is 5. The Hall–Kier alpha value is -0.650. The number of hydrogen-bond donors (Lipinski definition) is 1. The molecule has 1 aromatic heterocycles. The van der Waals surface area contributed by atoms with Crippen LogP contribution in [0.15, 0.2) is 17.4 Å². The Morgan fingerprint density at radius 1 is 1.46 bits per heavy atom. The van der Waals surface area contributed by atoms with Crippen molar-refractivity contribution in [3.63, 3.8) is 0 Å². The summed E-state index contributed by atoms with van der Waals surface area (Å²) in [4.78, 5) is 8.31. The molecule has 0 unspecified atom stereocenters. The van der Waals surface area contributed by atoms with Crippen molar-refractivity contribution in [2.75, 3.05) is 19.5 Å². The van der Waals surface area contributed by atoms with Gasteiger partial charge in [-0.05, 0) is 0 Å². The van der Waals surface area contributed by atoms with Crippen molar-refractivity contribution in [1.82, 2.24) is 9.97 Å². The van der Waals surface area contributed by atoms with Crippen molar-refractivity contribution in [2.24, 2.45) is 5.73 Å². The molecule has 72 valence electrons. The van der Waals surface area contributed by atoms with Crippen LogP contribution in [0.25, 0.3) is 0 Å². The molecule has 0 spiro atoms. The van der Waals surface area contributed by atoms with E-state index in [4.69, 9.17) is 10.5 Å². The molecule has 0 saturated heterocycles. The minimum atomic E-state index is 0.434. The number of rotatable bonds is 5. The van der Waals surface area contributed by atoms with E-state index in [-0.39, 0.29) is 0 Å². The SMILES string of the molecule is COCCSc1nccnc1CN. The van der Waals surface area contributed by atoms with Crippen molar-refractivity contribution in [3.05, 3.63) is 18.1 Å². The van der Waals surface area contributed by atoms with Crippen LogP contribution in [0.5, 0.6) is 0 Å². The maximum atomic E-state index is 5.51. The Morgan fingerprint density at radius 2 is 2.23 bits per heavy atom.